The minimum Gasteiger partial charge on any atom is -0.369 e. The van der Waals surface area contributed by atoms with Crippen LogP contribution in [0.3, 0.4) is 0 Å². The Labute approximate surface area is 149 Å². The molecule has 0 amide bonds. The molecular weight excluding hydrogens is 315 g/mol. The van der Waals surface area contributed by atoms with Crippen LogP contribution in [-0.4, -0.2) is 66.6 Å². The molecule has 3 heterocycles. The average Bonchev–Trinajstić information content (AvgIpc) is 3.12. The van der Waals surface area contributed by atoms with E-state index in [0.29, 0.717) is 11.6 Å². The Balaban J connectivity index is 1.54. The number of hydrogen-bond donors (Lipinski definition) is 0. The predicted molar refractivity (Wildman–Crippen MR) is 101 cm³/mol. The zero-order valence-corrected chi connectivity index (χ0v) is 15.2. The fourth-order valence-corrected chi connectivity index (χ4v) is 4.28. The van der Waals surface area contributed by atoms with Crippen molar-refractivity contribution in [3.8, 4) is 0 Å². The Hall–Kier alpha value is -1.72. The molecule has 2 saturated heterocycles. The first-order chi connectivity index (χ1) is 12.2. The van der Waals surface area contributed by atoms with Crippen LogP contribution in [0.4, 0.5) is 10.1 Å². The third-order valence-electron chi connectivity index (χ3n) is 5.77. The maximum atomic E-state index is 14.2. The summed E-state index contributed by atoms with van der Waals surface area (Å²) < 4.78 is 14.2. The molecule has 0 bridgehead atoms. The van der Waals surface area contributed by atoms with E-state index in [1.165, 1.54) is 25.6 Å². The summed E-state index contributed by atoms with van der Waals surface area (Å²) in [5.41, 5.74) is 2.52. The number of aryl methyl sites for hydroxylation is 1. The molecule has 2 aliphatic heterocycles. The summed E-state index contributed by atoms with van der Waals surface area (Å²) in [6.07, 6.45) is 1.18. The molecule has 2 aliphatic rings. The van der Waals surface area contributed by atoms with Crippen LogP contribution in [0.5, 0.6) is 0 Å². The number of para-hydroxylation sites is 1. The quantitative estimate of drug-likeness (QED) is 0.855. The van der Waals surface area contributed by atoms with E-state index >= 15 is 0 Å². The second-order valence-corrected chi connectivity index (χ2v) is 7.28. The molecule has 1 atom stereocenters. The molecule has 0 spiro atoms. The SMILES string of the molecule is CCN1CCN(C2CCN(c3cc(C)nc4c(F)cccc34)C2)CC1. The summed E-state index contributed by atoms with van der Waals surface area (Å²) in [6, 6.07) is 8.00. The molecular formula is C20H27FN4. The van der Waals surface area contributed by atoms with Crippen LogP contribution >= 0.6 is 0 Å². The van der Waals surface area contributed by atoms with Crippen molar-refractivity contribution in [2.24, 2.45) is 0 Å². The van der Waals surface area contributed by atoms with Gasteiger partial charge in [-0.3, -0.25) is 4.90 Å². The van der Waals surface area contributed by atoms with Gasteiger partial charge in [0.25, 0.3) is 0 Å². The summed E-state index contributed by atoms with van der Waals surface area (Å²) >= 11 is 0. The van der Waals surface area contributed by atoms with Gasteiger partial charge in [-0.15, -0.1) is 0 Å². The molecule has 5 heteroatoms. The van der Waals surface area contributed by atoms with Crippen LogP contribution in [0.15, 0.2) is 24.3 Å². The minimum absolute atomic E-state index is 0.228. The molecule has 1 aromatic carbocycles. The standard InChI is InChI=1S/C20H27FN4/c1-3-23-9-11-24(12-10-23)16-7-8-25(14-16)19-13-15(2)22-20-17(19)5-4-6-18(20)21/h4-6,13,16H,3,7-12,14H2,1-2H3. The summed E-state index contributed by atoms with van der Waals surface area (Å²) in [4.78, 5) is 12.0. The highest BCUT2D eigenvalue weighted by atomic mass is 19.1. The van der Waals surface area contributed by atoms with Crippen LogP contribution in [0, 0.1) is 12.7 Å². The molecule has 1 aromatic heterocycles. The van der Waals surface area contributed by atoms with Gasteiger partial charge in [0.1, 0.15) is 11.3 Å². The third kappa shape index (κ3) is 3.23. The van der Waals surface area contributed by atoms with Crippen molar-refractivity contribution in [2.75, 3.05) is 50.7 Å². The Morgan fingerprint density at radius 3 is 2.72 bits per heavy atom. The van der Waals surface area contributed by atoms with Gasteiger partial charge in [0.05, 0.1) is 0 Å². The predicted octanol–water partition coefficient (Wildman–Crippen LogP) is 2.90. The fourth-order valence-electron chi connectivity index (χ4n) is 4.28. The molecule has 0 aliphatic carbocycles. The lowest BCUT2D eigenvalue weighted by molar-refractivity contribution is 0.107. The minimum atomic E-state index is -0.228. The van der Waals surface area contributed by atoms with Crippen molar-refractivity contribution in [2.45, 2.75) is 26.3 Å². The van der Waals surface area contributed by atoms with Crippen LogP contribution in [0.1, 0.15) is 19.0 Å². The number of anilines is 1. The monoisotopic (exact) mass is 342 g/mol. The molecule has 0 N–H and O–H groups in total. The topological polar surface area (TPSA) is 22.6 Å². The van der Waals surface area contributed by atoms with E-state index in [1.54, 1.807) is 6.07 Å². The number of nitrogens with zero attached hydrogens (tertiary/aromatic N) is 4. The lowest BCUT2D eigenvalue weighted by atomic mass is 10.1. The molecule has 2 fully saturated rings. The van der Waals surface area contributed by atoms with Gasteiger partial charge in [0.2, 0.25) is 0 Å². The normalized spacial score (nSPS) is 22.8. The highest BCUT2D eigenvalue weighted by Crippen LogP contribution is 2.31. The summed E-state index contributed by atoms with van der Waals surface area (Å²) in [5, 5.41) is 0.932. The molecule has 134 valence electrons. The van der Waals surface area contributed by atoms with E-state index in [1.807, 2.05) is 13.0 Å². The van der Waals surface area contributed by atoms with E-state index in [2.05, 4.69) is 32.7 Å². The Morgan fingerprint density at radius 2 is 1.96 bits per heavy atom. The van der Waals surface area contributed by atoms with Crippen LogP contribution in [0.2, 0.25) is 0 Å². The van der Waals surface area contributed by atoms with Crippen molar-refractivity contribution < 1.29 is 4.39 Å². The summed E-state index contributed by atoms with van der Waals surface area (Å²) in [6.45, 7) is 12.1. The molecule has 4 rings (SSSR count). The third-order valence-corrected chi connectivity index (χ3v) is 5.77. The number of benzene rings is 1. The zero-order valence-electron chi connectivity index (χ0n) is 15.2. The molecule has 4 nitrogen and oxygen atoms in total. The number of likely N-dealkylation sites (N-methyl/N-ethyl adjacent to an activating group) is 1. The lowest BCUT2D eigenvalue weighted by Crippen LogP contribution is -2.50. The number of rotatable bonds is 3. The van der Waals surface area contributed by atoms with E-state index in [0.717, 1.165) is 49.5 Å². The second kappa shape index (κ2) is 6.89. The van der Waals surface area contributed by atoms with E-state index < -0.39 is 0 Å². The first kappa shape index (κ1) is 16.7. The number of fused-ring (bicyclic) bond motifs is 1. The number of aromatic nitrogens is 1. The maximum Gasteiger partial charge on any atom is 0.149 e. The Morgan fingerprint density at radius 1 is 1.16 bits per heavy atom. The van der Waals surface area contributed by atoms with Gasteiger partial charge >= 0.3 is 0 Å². The van der Waals surface area contributed by atoms with Gasteiger partial charge in [0, 0.05) is 62.1 Å². The van der Waals surface area contributed by atoms with E-state index in [4.69, 9.17) is 0 Å². The fraction of sp³-hybridized carbons (Fsp3) is 0.550. The van der Waals surface area contributed by atoms with Crippen LogP contribution in [0.25, 0.3) is 10.9 Å². The van der Waals surface area contributed by atoms with Crippen LogP contribution < -0.4 is 4.90 Å². The second-order valence-electron chi connectivity index (χ2n) is 7.28. The molecule has 1 unspecified atom stereocenters. The van der Waals surface area contributed by atoms with Crippen molar-refractivity contribution in [1.82, 2.24) is 14.8 Å². The first-order valence-electron chi connectivity index (χ1n) is 9.43. The number of halogens is 1. The Bertz CT molecular complexity index is 755. The highest BCUT2D eigenvalue weighted by Gasteiger charge is 2.30. The van der Waals surface area contributed by atoms with Gasteiger partial charge in [-0.05, 0) is 32.0 Å². The highest BCUT2D eigenvalue weighted by molar-refractivity contribution is 5.92. The number of pyridine rings is 1. The van der Waals surface area contributed by atoms with Crippen LogP contribution in [-0.2, 0) is 0 Å². The number of hydrogen-bond acceptors (Lipinski definition) is 4. The van der Waals surface area contributed by atoms with Crippen molar-refractivity contribution in [3.63, 3.8) is 0 Å². The average molecular weight is 342 g/mol. The maximum absolute atomic E-state index is 14.2. The van der Waals surface area contributed by atoms with Gasteiger partial charge in [-0.1, -0.05) is 19.1 Å². The smallest absolute Gasteiger partial charge is 0.149 e. The molecule has 0 saturated carbocycles. The Kier molecular flexibility index (Phi) is 4.61. The van der Waals surface area contributed by atoms with Gasteiger partial charge in [0.15, 0.2) is 0 Å². The lowest BCUT2D eigenvalue weighted by Gasteiger charge is -2.37. The van der Waals surface area contributed by atoms with Crippen molar-refractivity contribution >= 4 is 16.6 Å². The van der Waals surface area contributed by atoms with Gasteiger partial charge < -0.3 is 9.80 Å². The van der Waals surface area contributed by atoms with E-state index in [9.17, 15) is 4.39 Å². The zero-order chi connectivity index (χ0) is 17.4. The van der Waals surface area contributed by atoms with Crippen molar-refractivity contribution in [3.05, 3.63) is 35.8 Å². The van der Waals surface area contributed by atoms with Crippen molar-refractivity contribution in [1.29, 1.82) is 0 Å². The van der Waals surface area contributed by atoms with Gasteiger partial charge in [-0.2, -0.15) is 0 Å². The molecule has 0 radical (unpaired) electrons. The van der Waals surface area contributed by atoms with E-state index in [-0.39, 0.29) is 5.82 Å². The summed E-state index contributed by atoms with van der Waals surface area (Å²) in [7, 11) is 0. The first-order valence-corrected chi connectivity index (χ1v) is 9.43. The summed E-state index contributed by atoms with van der Waals surface area (Å²) in [5.74, 6) is -0.228. The number of piperazine rings is 1. The van der Waals surface area contributed by atoms with Gasteiger partial charge in [-0.25, -0.2) is 9.37 Å². The largest absolute Gasteiger partial charge is 0.369 e. The molecule has 2 aromatic rings. The molecule has 25 heavy (non-hydrogen) atoms.